The molecule has 0 saturated carbocycles. The fourth-order valence-corrected chi connectivity index (χ4v) is 2.63. The molecule has 18 heavy (non-hydrogen) atoms. The highest BCUT2D eigenvalue weighted by Gasteiger charge is 2.48. The Morgan fingerprint density at radius 1 is 1.33 bits per heavy atom. The average Bonchev–Trinajstić information content (AvgIpc) is 2.69. The van der Waals surface area contributed by atoms with Crippen LogP contribution >= 0.6 is 0 Å². The van der Waals surface area contributed by atoms with Crippen molar-refractivity contribution in [2.45, 2.75) is 32.1 Å². The van der Waals surface area contributed by atoms with Gasteiger partial charge >= 0.3 is 0 Å². The predicted molar refractivity (Wildman–Crippen MR) is 70.4 cm³/mol. The summed E-state index contributed by atoms with van der Waals surface area (Å²) in [5.74, 6) is 0.792. The van der Waals surface area contributed by atoms with Crippen molar-refractivity contribution in [3.63, 3.8) is 0 Å². The van der Waals surface area contributed by atoms with Crippen LogP contribution in [0.3, 0.4) is 0 Å². The quantitative estimate of drug-likeness (QED) is 0.754. The van der Waals surface area contributed by atoms with Gasteiger partial charge in [-0.25, -0.2) is 9.97 Å². The third-order valence-corrected chi connectivity index (χ3v) is 3.74. The number of aromatic nitrogens is 2. The minimum absolute atomic E-state index is 0.0936. The molecule has 5 nitrogen and oxygen atoms in total. The molecular formula is C13H20N4O. The van der Waals surface area contributed by atoms with E-state index in [1.165, 1.54) is 6.33 Å². The van der Waals surface area contributed by atoms with Crippen LogP contribution in [0.5, 0.6) is 0 Å². The molecule has 2 aliphatic rings. The molecular weight excluding hydrogens is 228 g/mol. The van der Waals surface area contributed by atoms with Crippen LogP contribution < -0.4 is 5.32 Å². The number of nitrogens with zero attached hydrogens (tertiary/aromatic N) is 3. The highest BCUT2D eigenvalue weighted by atomic mass is 16.2. The minimum atomic E-state index is -0.372. The van der Waals surface area contributed by atoms with Crippen LogP contribution in [-0.4, -0.2) is 40.9 Å². The van der Waals surface area contributed by atoms with Crippen LogP contribution in [0.1, 0.15) is 32.3 Å². The second-order valence-electron chi connectivity index (χ2n) is 4.62. The Morgan fingerprint density at radius 2 is 2.00 bits per heavy atom. The Bertz CT molecular complexity index is 438. The maximum atomic E-state index is 12.1. The molecule has 2 aliphatic heterocycles. The van der Waals surface area contributed by atoms with Crippen molar-refractivity contribution in [2.75, 3.05) is 25.5 Å². The summed E-state index contributed by atoms with van der Waals surface area (Å²) in [6.45, 7) is 5.89. The standard InChI is InChI=1S/C11H14N4O.C2H6/c1-15-4-2-11(3-5-15)8-6-12-7-13-9(8)14-10(11)16;1-2/h6-7H,2-5H2,1H3,(H,12,13,14,16);1-2H3. The van der Waals surface area contributed by atoms with Crippen molar-refractivity contribution in [1.82, 2.24) is 14.9 Å². The molecule has 1 amide bonds. The maximum absolute atomic E-state index is 12.1. The molecule has 0 aromatic carbocycles. The van der Waals surface area contributed by atoms with Crippen molar-refractivity contribution in [3.05, 3.63) is 18.1 Å². The summed E-state index contributed by atoms with van der Waals surface area (Å²) in [5, 5.41) is 2.86. The van der Waals surface area contributed by atoms with Gasteiger partial charge in [0.1, 0.15) is 12.1 Å². The number of nitrogens with one attached hydrogen (secondary N) is 1. The van der Waals surface area contributed by atoms with Crippen molar-refractivity contribution in [3.8, 4) is 0 Å². The molecule has 1 spiro atoms. The third-order valence-electron chi connectivity index (χ3n) is 3.74. The van der Waals surface area contributed by atoms with Crippen LogP contribution in [0.15, 0.2) is 12.5 Å². The lowest BCUT2D eigenvalue weighted by Gasteiger charge is -2.35. The fraction of sp³-hybridized carbons (Fsp3) is 0.615. The second-order valence-corrected chi connectivity index (χ2v) is 4.62. The van der Waals surface area contributed by atoms with Gasteiger partial charge in [-0.15, -0.1) is 0 Å². The smallest absolute Gasteiger partial charge is 0.236 e. The number of rotatable bonds is 0. The highest BCUT2D eigenvalue weighted by Crippen LogP contribution is 2.43. The van der Waals surface area contributed by atoms with Crippen LogP contribution in [0.2, 0.25) is 0 Å². The zero-order chi connectivity index (χ0) is 13.2. The summed E-state index contributed by atoms with van der Waals surface area (Å²) in [7, 11) is 2.09. The van der Waals surface area contributed by atoms with Gasteiger partial charge in [-0.2, -0.15) is 0 Å². The number of hydrogen-bond acceptors (Lipinski definition) is 4. The number of piperidine rings is 1. The van der Waals surface area contributed by atoms with Gasteiger partial charge in [0.15, 0.2) is 0 Å². The Balaban J connectivity index is 0.000000574. The van der Waals surface area contributed by atoms with Crippen LogP contribution in [0.4, 0.5) is 5.82 Å². The molecule has 0 aliphatic carbocycles. The van der Waals surface area contributed by atoms with E-state index in [1.54, 1.807) is 6.20 Å². The summed E-state index contributed by atoms with van der Waals surface area (Å²) in [6.07, 6.45) is 4.98. The monoisotopic (exact) mass is 248 g/mol. The third kappa shape index (κ3) is 1.88. The first-order chi connectivity index (χ1) is 8.72. The predicted octanol–water partition coefficient (Wildman–Crippen LogP) is 1.42. The number of anilines is 1. The van der Waals surface area contributed by atoms with Crippen LogP contribution in [0.25, 0.3) is 0 Å². The van der Waals surface area contributed by atoms with Gasteiger partial charge in [-0.3, -0.25) is 4.79 Å². The largest absolute Gasteiger partial charge is 0.310 e. The zero-order valence-corrected chi connectivity index (χ0v) is 11.2. The fourth-order valence-electron chi connectivity index (χ4n) is 2.63. The molecule has 0 bridgehead atoms. The van der Waals surface area contributed by atoms with E-state index in [0.29, 0.717) is 5.82 Å². The highest BCUT2D eigenvalue weighted by molar-refractivity contribution is 6.05. The molecule has 3 heterocycles. The van der Waals surface area contributed by atoms with Crippen LogP contribution in [0, 0.1) is 0 Å². The molecule has 1 aromatic rings. The van der Waals surface area contributed by atoms with E-state index in [1.807, 2.05) is 13.8 Å². The first-order valence-corrected chi connectivity index (χ1v) is 6.53. The topological polar surface area (TPSA) is 58.1 Å². The minimum Gasteiger partial charge on any atom is -0.310 e. The summed E-state index contributed by atoms with van der Waals surface area (Å²) < 4.78 is 0. The Hall–Kier alpha value is -1.49. The van der Waals surface area contributed by atoms with E-state index < -0.39 is 0 Å². The molecule has 3 rings (SSSR count). The van der Waals surface area contributed by atoms with E-state index in [9.17, 15) is 4.79 Å². The van der Waals surface area contributed by atoms with Gasteiger partial charge in [0, 0.05) is 11.8 Å². The van der Waals surface area contributed by atoms with E-state index >= 15 is 0 Å². The number of fused-ring (bicyclic) bond motifs is 2. The maximum Gasteiger partial charge on any atom is 0.236 e. The van der Waals surface area contributed by atoms with Crippen molar-refractivity contribution in [1.29, 1.82) is 0 Å². The number of carbonyl (C=O) groups excluding carboxylic acids is 1. The van der Waals surface area contributed by atoms with Crippen LogP contribution in [-0.2, 0) is 10.2 Å². The van der Waals surface area contributed by atoms with E-state index in [2.05, 4.69) is 27.2 Å². The second kappa shape index (κ2) is 5.02. The van der Waals surface area contributed by atoms with E-state index in [0.717, 1.165) is 31.5 Å². The lowest BCUT2D eigenvalue weighted by molar-refractivity contribution is -0.122. The summed E-state index contributed by atoms with van der Waals surface area (Å²) in [4.78, 5) is 22.5. The van der Waals surface area contributed by atoms with Gasteiger partial charge in [0.25, 0.3) is 0 Å². The van der Waals surface area contributed by atoms with E-state index in [4.69, 9.17) is 0 Å². The van der Waals surface area contributed by atoms with Gasteiger partial charge in [-0.05, 0) is 33.0 Å². The zero-order valence-electron chi connectivity index (χ0n) is 11.2. The lowest BCUT2D eigenvalue weighted by atomic mass is 9.75. The Kier molecular flexibility index (Phi) is 3.61. The van der Waals surface area contributed by atoms with E-state index in [-0.39, 0.29) is 11.3 Å². The normalized spacial score (nSPS) is 20.9. The first-order valence-electron chi connectivity index (χ1n) is 6.53. The molecule has 98 valence electrons. The number of likely N-dealkylation sites (tertiary alicyclic amines) is 1. The molecule has 1 fully saturated rings. The number of hydrogen-bond donors (Lipinski definition) is 1. The average molecular weight is 248 g/mol. The summed E-state index contributed by atoms with van der Waals surface area (Å²) in [6, 6.07) is 0. The molecule has 0 atom stereocenters. The molecule has 5 heteroatoms. The summed E-state index contributed by atoms with van der Waals surface area (Å²) >= 11 is 0. The Morgan fingerprint density at radius 3 is 2.67 bits per heavy atom. The van der Waals surface area contributed by atoms with Crippen molar-refractivity contribution < 1.29 is 4.79 Å². The lowest BCUT2D eigenvalue weighted by Crippen LogP contribution is -2.45. The van der Waals surface area contributed by atoms with Crippen molar-refractivity contribution in [2.24, 2.45) is 0 Å². The van der Waals surface area contributed by atoms with Gasteiger partial charge in [0.2, 0.25) is 5.91 Å². The number of amides is 1. The summed E-state index contributed by atoms with van der Waals surface area (Å²) in [5.41, 5.74) is 0.608. The molecule has 1 N–H and O–H groups in total. The van der Waals surface area contributed by atoms with Crippen molar-refractivity contribution >= 4 is 11.7 Å². The molecule has 1 aromatic heterocycles. The Labute approximate surface area is 108 Å². The first kappa shape index (κ1) is 13.0. The SMILES string of the molecule is CC.CN1CCC2(CC1)C(=O)Nc1ncncc12. The number of carbonyl (C=O) groups is 1. The molecule has 0 radical (unpaired) electrons. The van der Waals surface area contributed by atoms with Gasteiger partial charge in [0.05, 0.1) is 5.41 Å². The molecule has 0 unspecified atom stereocenters. The van der Waals surface area contributed by atoms with Gasteiger partial charge in [-0.1, -0.05) is 13.8 Å². The van der Waals surface area contributed by atoms with Gasteiger partial charge < -0.3 is 10.2 Å². The molecule has 1 saturated heterocycles.